The number of benzene rings is 2. The number of hydrogen-bond acceptors (Lipinski definition) is 4. The van der Waals surface area contributed by atoms with Crippen molar-refractivity contribution in [3.05, 3.63) is 71.2 Å². The van der Waals surface area contributed by atoms with E-state index in [1.807, 2.05) is 6.07 Å². The Kier molecular flexibility index (Phi) is 6.18. The lowest BCUT2D eigenvalue weighted by molar-refractivity contribution is -0.140. The molecular formula is C24H20F4N4O. The van der Waals surface area contributed by atoms with Crippen LogP contribution in [0.25, 0.3) is 10.9 Å². The Hall–Kier alpha value is -3.67. The first kappa shape index (κ1) is 22.5. The maximum absolute atomic E-state index is 13.8. The molecule has 1 fully saturated rings. The molecule has 2 atom stereocenters. The zero-order valence-electron chi connectivity index (χ0n) is 17.4. The van der Waals surface area contributed by atoms with Crippen molar-refractivity contribution in [1.29, 1.82) is 5.26 Å². The maximum Gasteiger partial charge on any atom is 0.433 e. The normalized spacial score (nSPS) is 18.5. The van der Waals surface area contributed by atoms with Crippen LogP contribution in [-0.2, 0) is 6.18 Å². The molecule has 5 nitrogen and oxygen atoms in total. The van der Waals surface area contributed by atoms with Crippen molar-refractivity contribution in [2.75, 3.05) is 5.32 Å². The van der Waals surface area contributed by atoms with Crippen molar-refractivity contribution in [2.24, 2.45) is 0 Å². The molecule has 0 spiro atoms. The lowest BCUT2D eigenvalue weighted by Crippen LogP contribution is -2.41. The quantitative estimate of drug-likeness (QED) is 0.514. The number of halogens is 4. The number of amides is 1. The Morgan fingerprint density at radius 3 is 2.64 bits per heavy atom. The van der Waals surface area contributed by atoms with Gasteiger partial charge in [0.25, 0.3) is 5.91 Å². The molecule has 0 bridgehead atoms. The van der Waals surface area contributed by atoms with E-state index in [1.54, 1.807) is 18.2 Å². The number of carbonyl (C=O) groups is 1. The summed E-state index contributed by atoms with van der Waals surface area (Å²) < 4.78 is 53.8. The van der Waals surface area contributed by atoms with Crippen LogP contribution >= 0.6 is 0 Å². The van der Waals surface area contributed by atoms with E-state index in [9.17, 15) is 22.4 Å². The predicted octanol–water partition coefficient (Wildman–Crippen LogP) is 5.42. The molecule has 1 aromatic heterocycles. The number of anilines is 1. The van der Waals surface area contributed by atoms with Gasteiger partial charge in [-0.3, -0.25) is 4.79 Å². The molecule has 3 aromatic rings. The Morgan fingerprint density at radius 1 is 1.09 bits per heavy atom. The zero-order valence-corrected chi connectivity index (χ0v) is 17.4. The number of nitriles is 1. The van der Waals surface area contributed by atoms with E-state index in [0.29, 0.717) is 24.0 Å². The van der Waals surface area contributed by atoms with E-state index < -0.39 is 17.7 Å². The largest absolute Gasteiger partial charge is 0.433 e. The molecule has 1 aliphatic carbocycles. The molecule has 0 aliphatic heterocycles. The summed E-state index contributed by atoms with van der Waals surface area (Å²) in [7, 11) is 0. The van der Waals surface area contributed by atoms with Gasteiger partial charge in [0.15, 0.2) is 0 Å². The number of nitrogens with one attached hydrogen (secondary N) is 2. The lowest BCUT2D eigenvalue weighted by atomic mass is 9.90. The Balaban J connectivity index is 1.53. The van der Waals surface area contributed by atoms with Gasteiger partial charge in [-0.15, -0.1) is 0 Å². The fourth-order valence-electron chi connectivity index (χ4n) is 4.13. The summed E-state index contributed by atoms with van der Waals surface area (Å²) >= 11 is 0. The van der Waals surface area contributed by atoms with E-state index in [0.717, 1.165) is 31.0 Å². The Morgan fingerprint density at radius 2 is 1.88 bits per heavy atom. The Labute approximate surface area is 187 Å². The summed E-state index contributed by atoms with van der Waals surface area (Å²) in [6.45, 7) is 0. The highest BCUT2D eigenvalue weighted by atomic mass is 19.4. The summed E-state index contributed by atoms with van der Waals surface area (Å²) in [5.74, 6) is -0.881. The minimum absolute atomic E-state index is 0.0479. The molecule has 1 amide bonds. The van der Waals surface area contributed by atoms with Gasteiger partial charge in [-0.2, -0.15) is 18.4 Å². The first-order chi connectivity index (χ1) is 15.7. The first-order valence-corrected chi connectivity index (χ1v) is 10.5. The second-order valence-electron chi connectivity index (χ2n) is 8.09. The third kappa shape index (κ3) is 5.22. The van der Waals surface area contributed by atoms with Crippen LogP contribution in [0.2, 0.25) is 0 Å². The summed E-state index contributed by atoms with van der Waals surface area (Å²) in [4.78, 5) is 16.2. The van der Waals surface area contributed by atoms with Crippen LogP contribution in [0.5, 0.6) is 0 Å². The van der Waals surface area contributed by atoms with E-state index in [1.165, 1.54) is 12.1 Å². The standard InChI is InChI=1S/C24H20F4N4O/c25-16-7-8-20-19(10-16)21(12-22(32-20)24(26,27)28)30-17-5-2-6-18(11-17)31-23(33)15-4-1-3-14(9-15)13-29/h1,3-4,7-10,12,17-18H,2,5-6,11H2,(H,30,32)(H,31,33)/t17-,18+/m0/s1. The third-order valence-corrected chi connectivity index (χ3v) is 5.68. The molecule has 0 unspecified atom stereocenters. The van der Waals surface area contributed by atoms with Crippen LogP contribution in [-0.4, -0.2) is 23.0 Å². The van der Waals surface area contributed by atoms with Crippen molar-refractivity contribution >= 4 is 22.5 Å². The maximum atomic E-state index is 13.8. The van der Waals surface area contributed by atoms with Crippen LogP contribution in [0.3, 0.4) is 0 Å². The summed E-state index contributed by atoms with van der Waals surface area (Å²) in [6.07, 6.45) is -1.98. The number of aromatic nitrogens is 1. The van der Waals surface area contributed by atoms with Crippen molar-refractivity contribution < 1.29 is 22.4 Å². The highest BCUT2D eigenvalue weighted by Gasteiger charge is 2.34. The second-order valence-corrected chi connectivity index (χ2v) is 8.09. The highest BCUT2D eigenvalue weighted by molar-refractivity contribution is 5.95. The molecule has 1 aliphatic rings. The molecule has 170 valence electrons. The van der Waals surface area contributed by atoms with Crippen molar-refractivity contribution in [1.82, 2.24) is 10.3 Å². The van der Waals surface area contributed by atoms with Gasteiger partial charge in [0.1, 0.15) is 11.5 Å². The minimum atomic E-state index is -4.64. The van der Waals surface area contributed by atoms with Crippen LogP contribution in [0, 0.1) is 17.1 Å². The number of fused-ring (bicyclic) bond motifs is 1. The van der Waals surface area contributed by atoms with Gasteiger partial charge in [0, 0.05) is 28.7 Å². The van der Waals surface area contributed by atoms with E-state index in [4.69, 9.17) is 5.26 Å². The van der Waals surface area contributed by atoms with Gasteiger partial charge >= 0.3 is 6.18 Å². The average Bonchev–Trinajstić information content (AvgIpc) is 2.79. The van der Waals surface area contributed by atoms with Gasteiger partial charge in [-0.05, 0) is 68.1 Å². The first-order valence-electron chi connectivity index (χ1n) is 10.5. The van der Waals surface area contributed by atoms with E-state index in [2.05, 4.69) is 15.6 Å². The monoisotopic (exact) mass is 456 g/mol. The molecule has 0 saturated heterocycles. The summed E-state index contributed by atoms with van der Waals surface area (Å²) in [5, 5.41) is 15.3. The molecule has 1 heterocycles. The number of nitrogens with zero attached hydrogens (tertiary/aromatic N) is 2. The Bertz CT molecular complexity index is 1240. The SMILES string of the molecule is N#Cc1cccc(C(=O)N[C@@H]2CCC[C@H](Nc3cc(C(F)(F)F)nc4ccc(F)cc34)C2)c1. The number of alkyl halides is 3. The average molecular weight is 456 g/mol. The van der Waals surface area contributed by atoms with Crippen LogP contribution < -0.4 is 10.6 Å². The van der Waals surface area contributed by atoms with Gasteiger partial charge in [-0.1, -0.05) is 6.07 Å². The molecule has 4 rings (SSSR count). The van der Waals surface area contributed by atoms with Crippen LogP contribution in [0.1, 0.15) is 47.3 Å². The molecule has 0 radical (unpaired) electrons. The summed E-state index contributed by atoms with van der Waals surface area (Å²) in [6, 6.07) is 12.3. The van der Waals surface area contributed by atoms with Crippen molar-refractivity contribution in [3.63, 3.8) is 0 Å². The molecule has 1 saturated carbocycles. The molecule has 2 aromatic carbocycles. The smallest absolute Gasteiger partial charge is 0.382 e. The number of pyridine rings is 1. The summed E-state index contributed by atoms with van der Waals surface area (Å²) in [5.41, 5.74) is -0.0999. The van der Waals surface area contributed by atoms with E-state index >= 15 is 0 Å². The van der Waals surface area contributed by atoms with Gasteiger partial charge in [0.2, 0.25) is 0 Å². The zero-order chi connectivity index (χ0) is 23.6. The lowest BCUT2D eigenvalue weighted by Gasteiger charge is -2.31. The van der Waals surface area contributed by atoms with Gasteiger partial charge < -0.3 is 10.6 Å². The second kappa shape index (κ2) is 9.06. The predicted molar refractivity (Wildman–Crippen MR) is 115 cm³/mol. The van der Waals surface area contributed by atoms with Gasteiger partial charge in [-0.25, -0.2) is 9.37 Å². The number of carbonyl (C=O) groups excluding carboxylic acids is 1. The molecule has 33 heavy (non-hydrogen) atoms. The highest BCUT2D eigenvalue weighted by Crippen LogP contribution is 2.34. The minimum Gasteiger partial charge on any atom is -0.382 e. The van der Waals surface area contributed by atoms with Crippen molar-refractivity contribution in [3.8, 4) is 6.07 Å². The fourth-order valence-corrected chi connectivity index (χ4v) is 4.13. The number of hydrogen-bond donors (Lipinski definition) is 2. The molecule has 9 heteroatoms. The van der Waals surface area contributed by atoms with Crippen molar-refractivity contribution in [2.45, 2.75) is 43.9 Å². The third-order valence-electron chi connectivity index (χ3n) is 5.68. The van der Waals surface area contributed by atoms with Crippen LogP contribution in [0.15, 0.2) is 48.5 Å². The molecular weight excluding hydrogens is 436 g/mol. The van der Waals surface area contributed by atoms with E-state index in [-0.39, 0.29) is 34.6 Å². The molecule has 2 N–H and O–H groups in total. The fraction of sp³-hybridized carbons (Fsp3) is 0.292. The topological polar surface area (TPSA) is 77.8 Å². The van der Waals surface area contributed by atoms with Gasteiger partial charge in [0.05, 0.1) is 17.1 Å². The number of rotatable bonds is 4. The van der Waals surface area contributed by atoms with Crippen LogP contribution in [0.4, 0.5) is 23.2 Å².